The summed E-state index contributed by atoms with van der Waals surface area (Å²) < 4.78 is 0. The first kappa shape index (κ1) is 12.5. The van der Waals surface area contributed by atoms with Crippen molar-refractivity contribution in [3.8, 4) is 11.1 Å². The monoisotopic (exact) mass is 250 g/mol. The van der Waals surface area contributed by atoms with Crippen LogP contribution in [0.25, 0.3) is 11.1 Å². The van der Waals surface area contributed by atoms with Crippen LogP contribution in [0.4, 0.5) is 0 Å². The maximum absolute atomic E-state index is 2.39. The smallest absolute Gasteiger partial charge is 0.00106 e. The fourth-order valence-corrected chi connectivity index (χ4v) is 3.30. The summed E-state index contributed by atoms with van der Waals surface area (Å²) in [4.78, 5) is 0. The molecule has 3 rings (SSSR count). The van der Waals surface area contributed by atoms with E-state index in [1.165, 1.54) is 47.1 Å². The Balaban J connectivity index is 2.16. The molecule has 0 bridgehead atoms. The number of fused-ring (bicyclic) bond motifs is 3. The molecule has 0 unspecified atom stereocenters. The van der Waals surface area contributed by atoms with Gasteiger partial charge in [-0.2, -0.15) is 0 Å². The molecule has 0 aliphatic heterocycles. The minimum atomic E-state index is 1.13. The van der Waals surface area contributed by atoms with Crippen molar-refractivity contribution in [2.24, 2.45) is 0 Å². The molecule has 98 valence electrons. The Morgan fingerprint density at radius 2 is 1.84 bits per heavy atom. The van der Waals surface area contributed by atoms with Gasteiger partial charge in [0.25, 0.3) is 0 Å². The Bertz CT molecular complexity index is 620. The van der Waals surface area contributed by atoms with Gasteiger partial charge in [-0.3, -0.25) is 0 Å². The molecule has 0 saturated carbocycles. The lowest BCUT2D eigenvalue weighted by atomic mass is 9.90. The molecule has 0 amide bonds. The van der Waals surface area contributed by atoms with Gasteiger partial charge in [-0.1, -0.05) is 43.7 Å². The quantitative estimate of drug-likeness (QED) is 0.598. The average molecular weight is 250 g/mol. The van der Waals surface area contributed by atoms with Gasteiger partial charge in [-0.05, 0) is 72.1 Å². The summed E-state index contributed by atoms with van der Waals surface area (Å²) in [5, 5.41) is 0. The molecule has 0 saturated heterocycles. The Labute approximate surface area is 116 Å². The van der Waals surface area contributed by atoms with Crippen LogP contribution >= 0.6 is 0 Å². The number of aryl methyl sites for hydroxylation is 1. The van der Waals surface area contributed by atoms with Crippen molar-refractivity contribution in [3.63, 3.8) is 0 Å². The second-order valence-corrected chi connectivity index (χ2v) is 5.76. The lowest BCUT2D eigenvalue weighted by Crippen LogP contribution is -1.99. The zero-order valence-corrected chi connectivity index (χ0v) is 12.2. The van der Waals surface area contributed by atoms with Crippen molar-refractivity contribution in [2.45, 2.75) is 46.5 Å². The Hall–Kier alpha value is -1.56. The number of hydrogen-bond donors (Lipinski definition) is 0. The molecule has 0 heterocycles. The lowest BCUT2D eigenvalue weighted by molar-refractivity contribution is 0.785. The van der Waals surface area contributed by atoms with Gasteiger partial charge in [0.2, 0.25) is 0 Å². The molecule has 0 aromatic heterocycles. The van der Waals surface area contributed by atoms with Crippen molar-refractivity contribution in [1.82, 2.24) is 0 Å². The second kappa shape index (κ2) is 4.85. The van der Waals surface area contributed by atoms with Crippen molar-refractivity contribution in [1.29, 1.82) is 0 Å². The minimum absolute atomic E-state index is 1.13. The van der Waals surface area contributed by atoms with E-state index in [9.17, 15) is 0 Å². The first-order chi connectivity index (χ1) is 9.22. The van der Waals surface area contributed by atoms with Crippen LogP contribution in [0.1, 0.15) is 47.6 Å². The zero-order chi connectivity index (χ0) is 13.4. The van der Waals surface area contributed by atoms with Crippen LogP contribution < -0.4 is 0 Å². The van der Waals surface area contributed by atoms with E-state index >= 15 is 0 Å². The highest BCUT2D eigenvalue weighted by Gasteiger charge is 2.22. The third-order valence-electron chi connectivity index (χ3n) is 4.55. The summed E-state index contributed by atoms with van der Waals surface area (Å²) in [6.07, 6.45) is 4.94. The largest absolute Gasteiger partial charge is 0.0654 e. The summed E-state index contributed by atoms with van der Waals surface area (Å²) in [5.41, 5.74) is 10.6. The second-order valence-electron chi connectivity index (χ2n) is 5.76. The van der Waals surface area contributed by atoms with Crippen LogP contribution in [0.15, 0.2) is 30.3 Å². The normalized spacial score (nSPS) is 12.4. The van der Waals surface area contributed by atoms with Crippen LogP contribution in [0, 0.1) is 13.8 Å². The molecule has 2 aromatic carbocycles. The van der Waals surface area contributed by atoms with Gasteiger partial charge in [-0.25, -0.2) is 0 Å². The minimum Gasteiger partial charge on any atom is -0.0654 e. The van der Waals surface area contributed by atoms with Crippen LogP contribution in [0.3, 0.4) is 0 Å². The molecule has 19 heavy (non-hydrogen) atoms. The van der Waals surface area contributed by atoms with Crippen LogP contribution in [0.5, 0.6) is 0 Å². The third-order valence-corrected chi connectivity index (χ3v) is 4.55. The predicted octanol–water partition coefficient (Wildman–Crippen LogP) is 5.22. The first-order valence-corrected chi connectivity index (χ1v) is 7.42. The number of unbranched alkanes of at least 4 members (excludes halogenated alkanes) is 1. The molecule has 0 heteroatoms. The summed E-state index contributed by atoms with van der Waals surface area (Å²) in [6.45, 7) is 6.83. The highest BCUT2D eigenvalue weighted by Crippen LogP contribution is 2.40. The summed E-state index contributed by atoms with van der Waals surface area (Å²) >= 11 is 0. The van der Waals surface area contributed by atoms with Gasteiger partial charge in [0.15, 0.2) is 0 Å². The van der Waals surface area contributed by atoms with Gasteiger partial charge in [0.05, 0.1) is 0 Å². The van der Waals surface area contributed by atoms with Crippen molar-refractivity contribution >= 4 is 0 Å². The molecule has 0 nitrogen and oxygen atoms in total. The van der Waals surface area contributed by atoms with Crippen molar-refractivity contribution in [2.75, 3.05) is 0 Å². The highest BCUT2D eigenvalue weighted by atomic mass is 14.3. The van der Waals surface area contributed by atoms with E-state index in [1.807, 2.05) is 0 Å². The molecule has 0 fully saturated rings. The standard InChI is InChI=1S/C19H22/c1-4-5-9-16-14(3)13(2)11-18-17-10-7-6-8-15(17)12-19(16)18/h6-8,10-11H,4-5,9,12H2,1-3H3. The Kier molecular flexibility index (Phi) is 3.18. The summed E-state index contributed by atoms with van der Waals surface area (Å²) in [7, 11) is 0. The summed E-state index contributed by atoms with van der Waals surface area (Å²) in [5.74, 6) is 0. The first-order valence-electron chi connectivity index (χ1n) is 7.42. The van der Waals surface area contributed by atoms with Crippen LogP contribution in [-0.2, 0) is 12.8 Å². The Morgan fingerprint density at radius 1 is 1.05 bits per heavy atom. The van der Waals surface area contributed by atoms with E-state index in [-0.39, 0.29) is 0 Å². The molecule has 0 radical (unpaired) electrons. The summed E-state index contributed by atoms with van der Waals surface area (Å²) in [6, 6.07) is 11.3. The maximum atomic E-state index is 2.39. The molecular weight excluding hydrogens is 228 g/mol. The van der Waals surface area contributed by atoms with E-state index in [1.54, 1.807) is 11.1 Å². The SMILES string of the molecule is CCCCc1c(C)c(C)cc2c1Cc1ccccc1-2. The van der Waals surface area contributed by atoms with Crippen LogP contribution in [0.2, 0.25) is 0 Å². The van der Waals surface area contributed by atoms with Gasteiger partial charge in [0.1, 0.15) is 0 Å². The average Bonchev–Trinajstić information content (AvgIpc) is 2.78. The molecule has 0 N–H and O–H groups in total. The Morgan fingerprint density at radius 3 is 2.63 bits per heavy atom. The van der Waals surface area contributed by atoms with E-state index in [4.69, 9.17) is 0 Å². The maximum Gasteiger partial charge on any atom is -0.00106 e. The lowest BCUT2D eigenvalue weighted by Gasteiger charge is -2.15. The predicted molar refractivity (Wildman–Crippen MR) is 82.8 cm³/mol. The third kappa shape index (κ3) is 2.00. The number of benzene rings is 2. The van der Waals surface area contributed by atoms with E-state index in [0.29, 0.717) is 0 Å². The zero-order valence-electron chi connectivity index (χ0n) is 12.2. The number of rotatable bonds is 3. The topological polar surface area (TPSA) is 0 Å². The van der Waals surface area contributed by atoms with Crippen molar-refractivity contribution < 1.29 is 0 Å². The number of hydrogen-bond acceptors (Lipinski definition) is 0. The van der Waals surface area contributed by atoms with E-state index in [0.717, 1.165) is 6.42 Å². The highest BCUT2D eigenvalue weighted by molar-refractivity contribution is 5.79. The fraction of sp³-hybridized carbons (Fsp3) is 0.368. The molecule has 2 aromatic rings. The van der Waals surface area contributed by atoms with E-state index in [2.05, 4.69) is 51.1 Å². The molecule has 0 spiro atoms. The fourth-order valence-electron chi connectivity index (χ4n) is 3.30. The molecular formula is C19H22. The molecule has 1 aliphatic carbocycles. The van der Waals surface area contributed by atoms with Gasteiger partial charge in [0, 0.05) is 0 Å². The molecule has 0 atom stereocenters. The molecule has 1 aliphatic rings. The van der Waals surface area contributed by atoms with Crippen molar-refractivity contribution in [3.05, 3.63) is 58.1 Å². The van der Waals surface area contributed by atoms with Gasteiger partial charge >= 0.3 is 0 Å². The van der Waals surface area contributed by atoms with Gasteiger partial charge in [-0.15, -0.1) is 0 Å². The van der Waals surface area contributed by atoms with Gasteiger partial charge < -0.3 is 0 Å². The van der Waals surface area contributed by atoms with E-state index < -0.39 is 0 Å². The van der Waals surface area contributed by atoms with Crippen LogP contribution in [-0.4, -0.2) is 0 Å².